The van der Waals surface area contributed by atoms with E-state index in [0.717, 1.165) is 31.6 Å². The van der Waals surface area contributed by atoms with Gasteiger partial charge in [-0.25, -0.2) is 9.48 Å². The molecule has 134 valence electrons. The van der Waals surface area contributed by atoms with E-state index in [4.69, 9.17) is 4.74 Å². The highest BCUT2D eigenvalue weighted by atomic mass is 79.9. The molecule has 1 amide bonds. The second kappa shape index (κ2) is 7.55. The Morgan fingerprint density at radius 1 is 1.42 bits per heavy atom. The first-order valence-corrected chi connectivity index (χ1v) is 8.90. The molecule has 0 aliphatic carbocycles. The van der Waals surface area contributed by atoms with E-state index < -0.39 is 5.60 Å². The summed E-state index contributed by atoms with van der Waals surface area (Å²) in [6.45, 7) is 7.81. The first-order chi connectivity index (χ1) is 11.2. The van der Waals surface area contributed by atoms with Crippen LogP contribution in [0.15, 0.2) is 15.5 Å². The number of aryl methyl sites for hydroxylation is 1. The molecule has 0 radical (unpaired) electrons. The normalized spacial score (nSPS) is 16.1. The van der Waals surface area contributed by atoms with Gasteiger partial charge in [-0.1, -0.05) is 0 Å². The van der Waals surface area contributed by atoms with Gasteiger partial charge in [-0.2, -0.15) is 5.10 Å². The number of piperidine rings is 1. The fourth-order valence-corrected chi connectivity index (χ4v) is 3.25. The smallest absolute Gasteiger partial charge is 0.407 e. The van der Waals surface area contributed by atoms with E-state index in [2.05, 4.69) is 31.2 Å². The third-order valence-corrected chi connectivity index (χ3v) is 4.69. The number of rotatable bonds is 3. The zero-order chi connectivity index (χ0) is 17.9. The largest absolute Gasteiger partial charge is 0.444 e. The predicted octanol–water partition coefficient (Wildman–Crippen LogP) is 2.28. The Kier molecular flexibility index (Phi) is 5.90. The molecule has 2 rings (SSSR count). The second-order valence-electron chi connectivity index (χ2n) is 7.09. The summed E-state index contributed by atoms with van der Waals surface area (Å²) < 4.78 is 7.10. The predicted molar refractivity (Wildman–Crippen MR) is 96.4 cm³/mol. The van der Waals surface area contributed by atoms with Gasteiger partial charge in [0.1, 0.15) is 10.1 Å². The van der Waals surface area contributed by atoms with Crippen molar-refractivity contribution in [1.29, 1.82) is 0 Å². The fourth-order valence-electron chi connectivity index (χ4n) is 2.64. The van der Waals surface area contributed by atoms with E-state index >= 15 is 0 Å². The van der Waals surface area contributed by atoms with E-state index in [-0.39, 0.29) is 11.7 Å². The average molecular weight is 401 g/mol. The van der Waals surface area contributed by atoms with Crippen LogP contribution in [-0.2, 0) is 11.8 Å². The van der Waals surface area contributed by atoms with Gasteiger partial charge < -0.3 is 15.0 Å². The molecule has 0 unspecified atom stereocenters. The summed E-state index contributed by atoms with van der Waals surface area (Å²) in [5.41, 5.74) is 0.213. The van der Waals surface area contributed by atoms with Crippen LogP contribution in [-0.4, -0.2) is 41.1 Å². The van der Waals surface area contributed by atoms with Crippen LogP contribution in [0.3, 0.4) is 0 Å². The van der Waals surface area contributed by atoms with Gasteiger partial charge in [-0.05, 0) is 55.5 Å². The number of nitrogens with zero attached hydrogens (tertiary/aromatic N) is 3. The molecule has 0 saturated carbocycles. The van der Waals surface area contributed by atoms with Crippen LogP contribution in [0, 0.1) is 5.92 Å². The van der Waals surface area contributed by atoms with Crippen LogP contribution in [0.5, 0.6) is 0 Å². The van der Waals surface area contributed by atoms with Crippen LogP contribution < -0.4 is 15.8 Å². The minimum absolute atomic E-state index is 0.138. The first-order valence-electron chi connectivity index (χ1n) is 8.11. The molecule has 0 aromatic carbocycles. The van der Waals surface area contributed by atoms with E-state index in [1.165, 1.54) is 4.68 Å². The Labute approximate surface area is 150 Å². The van der Waals surface area contributed by atoms with Crippen LogP contribution in [0.25, 0.3) is 0 Å². The van der Waals surface area contributed by atoms with Crippen molar-refractivity contribution in [2.45, 2.75) is 39.2 Å². The molecular formula is C16H25BrN4O3. The summed E-state index contributed by atoms with van der Waals surface area (Å²) in [7, 11) is 1.63. The Morgan fingerprint density at radius 2 is 2.04 bits per heavy atom. The van der Waals surface area contributed by atoms with Gasteiger partial charge in [0.2, 0.25) is 0 Å². The van der Waals surface area contributed by atoms with Crippen LogP contribution in [0.4, 0.5) is 10.5 Å². The third-order valence-electron chi connectivity index (χ3n) is 3.95. The number of hydrogen-bond donors (Lipinski definition) is 1. The van der Waals surface area contributed by atoms with Crippen LogP contribution in [0.1, 0.15) is 33.6 Å². The number of alkyl carbamates (subject to hydrolysis) is 1. The van der Waals surface area contributed by atoms with Crippen molar-refractivity contribution in [2.24, 2.45) is 13.0 Å². The van der Waals surface area contributed by atoms with Gasteiger partial charge in [0, 0.05) is 26.7 Å². The number of aromatic nitrogens is 2. The monoisotopic (exact) mass is 400 g/mol. The summed E-state index contributed by atoms with van der Waals surface area (Å²) >= 11 is 3.37. The van der Waals surface area contributed by atoms with Gasteiger partial charge in [0.25, 0.3) is 5.56 Å². The second-order valence-corrected chi connectivity index (χ2v) is 7.88. The van der Waals surface area contributed by atoms with Crippen molar-refractivity contribution < 1.29 is 9.53 Å². The molecule has 7 nitrogen and oxygen atoms in total. The summed E-state index contributed by atoms with van der Waals surface area (Å²) in [6.07, 6.45) is 3.23. The minimum Gasteiger partial charge on any atom is -0.444 e. The zero-order valence-corrected chi connectivity index (χ0v) is 16.2. The molecular weight excluding hydrogens is 376 g/mol. The van der Waals surface area contributed by atoms with E-state index in [1.807, 2.05) is 20.8 Å². The van der Waals surface area contributed by atoms with Crippen molar-refractivity contribution in [3.8, 4) is 0 Å². The zero-order valence-electron chi connectivity index (χ0n) is 14.6. The molecule has 8 heteroatoms. The Balaban J connectivity index is 1.85. The summed E-state index contributed by atoms with van der Waals surface area (Å²) in [5, 5.41) is 6.92. The Morgan fingerprint density at radius 3 is 2.62 bits per heavy atom. The number of nitrogens with one attached hydrogen (secondary N) is 1. The standard InChI is InChI=1S/C16H25BrN4O3/c1-16(2,3)24-15(23)18-9-11-5-7-21(8-6-11)12-10-19-20(4)14(22)13(12)17/h10-11H,5-9H2,1-4H3,(H,18,23). The molecule has 0 bridgehead atoms. The first kappa shape index (κ1) is 18.8. The Hall–Kier alpha value is -1.57. The molecule has 1 aromatic rings. The molecule has 0 atom stereocenters. The SMILES string of the molecule is Cn1ncc(N2CCC(CNC(=O)OC(C)(C)C)CC2)c(Br)c1=O. The van der Waals surface area contributed by atoms with Gasteiger partial charge in [-0.15, -0.1) is 0 Å². The summed E-state index contributed by atoms with van der Waals surface area (Å²) in [4.78, 5) is 25.8. The lowest BCUT2D eigenvalue weighted by Crippen LogP contribution is -2.41. The highest BCUT2D eigenvalue weighted by molar-refractivity contribution is 9.10. The summed E-state index contributed by atoms with van der Waals surface area (Å²) in [6, 6.07) is 0. The van der Waals surface area contributed by atoms with Crippen molar-refractivity contribution in [3.05, 3.63) is 21.0 Å². The molecule has 1 aliphatic rings. The Bertz CT molecular complexity index is 646. The highest BCUT2D eigenvalue weighted by Gasteiger charge is 2.23. The third kappa shape index (κ3) is 4.96. The van der Waals surface area contributed by atoms with Gasteiger partial charge in [0.05, 0.1) is 11.9 Å². The number of hydrogen-bond acceptors (Lipinski definition) is 5. The van der Waals surface area contributed by atoms with Gasteiger partial charge >= 0.3 is 6.09 Å². The number of carbonyl (C=O) groups is 1. The molecule has 2 heterocycles. The molecule has 24 heavy (non-hydrogen) atoms. The van der Waals surface area contributed by atoms with Crippen molar-refractivity contribution >= 4 is 27.7 Å². The fraction of sp³-hybridized carbons (Fsp3) is 0.688. The maximum Gasteiger partial charge on any atom is 0.407 e. The highest BCUT2D eigenvalue weighted by Crippen LogP contribution is 2.26. The number of amides is 1. The lowest BCUT2D eigenvalue weighted by molar-refractivity contribution is 0.0517. The molecule has 1 N–H and O–H groups in total. The molecule has 1 aliphatic heterocycles. The van der Waals surface area contributed by atoms with Crippen LogP contribution >= 0.6 is 15.9 Å². The van der Waals surface area contributed by atoms with Crippen molar-refractivity contribution in [3.63, 3.8) is 0 Å². The van der Waals surface area contributed by atoms with Crippen molar-refractivity contribution in [1.82, 2.24) is 15.1 Å². The lowest BCUT2D eigenvalue weighted by atomic mass is 9.96. The van der Waals surface area contributed by atoms with Gasteiger partial charge in [-0.3, -0.25) is 4.79 Å². The topological polar surface area (TPSA) is 76.5 Å². The maximum atomic E-state index is 12.0. The molecule has 1 saturated heterocycles. The number of anilines is 1. The number of halogens is 1. The van der Waals surface area contributed by atoms with Gasteiger partial charge in [0.15, 0.2) is 0 Å². The minimum atomic E-state index is -0.480. The molecule has 1 aromatic heterocycles. The number of carbonyl (C=O) groups excluding carboxylic acids is 1. The van der Waals surface area contributed by atoms with Crippen LogP contribution in [0.2, 0.25) is 0 Å². The maximum absolute atomic E-state index is 12.0. The lowest BCUT2D eigenvalue weighted by Gasteiger charge is -2.34. The van der Waals surface area contributed by atoms with E-state index in [1.54, 1.807) is 13.2 Å². The van der Waals surface area contributed by atoms with Crippen molar-refractivity contribution in [2.75, 3.05) is 24.5 Å². The van der Waals surface area contributed by atoms with E-state index in [9.17, 15) is 9.59 Å². The molecule has 0 spiro atoms. The quantitative estimate of drug-likeness (QED) is 0.841. The molecule has 1 fully saturated rings. The number of ether oxygens (including phenoxy) is 1. The summed E-state index contributed by atoms with van der Waals surface area (Å²) in [5.74, 6) is 0.409. The van der Waals surface area contributed by atoms with E-state index in [0.29, 0.717) is 16.9 Å². The average Bonchev–Trinajstić information content (AvgIpc) is 2.50.